The quantitative estimate of drug-likeness (QED) is 0.152. The molecule has 6 heteroatoms. The minimum Gasteiger partial charge on any atom is -0.278 e. The molecule has 5 rings (SSSR count). The van der Waals surface area contributed by atoms with E-state index < -0.39 is 0 Å². The molecule has 2 aromatic heterocycles. The lowest BCUT2D eigenvalue weighted by Crippen LogP contribution is -2.21. The summed E-state index contributed by atoms with van der Waals surface area (Å²) in [6, 6.07) is 28.2. The van der Waals surface area contributed by atoms with Gasteiger partial charge in [0.2, 0.25) is 0 Å². The number of rotatable bonds is 6. The number of nitrogens with zero attached hydrogens (tertiary/aromatic N) is 3. The van der Waals surface area contributed by atoms with Crippen LogP contribution in [0, 0.1) is 6.92 Å². The van der Waals surface area contributed by atoms with E-state index in [1.165, 1.54) is 10.9 Å². The van der Waals surface area contributed by atoms with Gasteiger partial charge in [0.05, 0.1) is 17.5 Å². The molecule has 0 bridgehead atoms. The molecule has 5 nitrogen and oxygen atoms in total. The Labute approximate surface area is 195 Å². The summed E-state index contributed by atoms with van der Waals surface area (Å²) in [7, 11) is 0. The third kappa shape index (κ3) is 4.52. The Hall–Kier alpha value is -3.90. The predicted octanol–water partition coefficient (Wildman–Crippen LogP) is 5.89. The van der Waals surface area contributed by atoms with Crippen LogP contribution in [0.25, 0.3) is 16.4 Å². The van der Waals surface area contributed by atoms with Crippen molar-refractivity contribution in [2.45, 2.75) is 17.7 Å². The standard InChI is InChI=1S/C27H22N4OS/c1-19-8-7-15-31-25(19)29-26(33-18-20-9-3-2-4-10-20)24(27(31)32)17-28-30-23-14-13-21-11-5-6-12-22(21)16-23/h2-17,30H,18H2,1H3/b28-17+. The summed E-state index contributed by atoms with van der Waals surface area (Å²) in [6.07, 6.45) is 3.32. The van der Waals surface area contributed by atoms with Crippen LogP contribution >= 0.6 is 11.8 Å². The molecule has 33 heavy (non-hydrogen) atoms. The average molecular weight is 451 g/mol. The van der Waals surface area contributed by atoms with Gasteiger partial charge < -0.3 is 0 Å². The zero-order valence-corrected chi connectivity index (χ0v) is 18.9. The van der Waals surface area contributed by atoms with Crippen molar-refractivity contribution in [3.05, 3.63) is 118 Å². The molecule has 5 aromatic rings. The molecule has 0 aliphatic heterocycles. The van der Waals surface area contributed by atoms with Crippen LogP contribution in [-0.4, -0.2) is 15.6 Å². The van der Waals surface area contributed by atoms with Crippen LogP contribution < -0.4 is 11.0 Å². The number of aryl methyl sites for hydroxylation is 1. The normalized spacial score (nSPS) is 11.4. The number of nitrogens with one attached hydrogen (secondary N) is 1. The first-order valence-corrected chi connectivity index (χ1v) is 11.6. The number of hydrazone groups is 1. The fourth-order valence-corrected chi connectivity index (χ4v) is 4.61. The highest BCUT2D eigenvalue weighted by molar-refractivity contribution is 7.98. The number of pyridine rings is 1. The Morgan fingerprint density at radius 2 is 1.76 bits per heavy atom. The van der Waals surface area contributed by atoms with Crippen molar-refractivity contribution < 1.29 is 0 Å². The highest BCUT2D eigenvalue weighted by atomic mass is 32.2. The van der Waals surface area contributed by atoms with Crippen molar-refractivity contribution in [2.24, 2.45) is 5.10 Å². The van der Waals surface area contributed by atoms with Crippen LogP contribution in [0.3, 0.4) is 0 Å². The van der Waals surface area contributed by atoms with Crippen LogP contribution in [0.1, 0.15) is 16.7 Å². The van der Waals surface area contributed by atoms with Crippen molar-refractivity contribution in [3.63, 3.8) is 0 Å². The molecule has 0 radical (unpaired) electrons. The van der Waals surface area contributed by atoms with Gasteiger partial charge in [-0.05, 0) is 47.0 Å². The molecule has 162 valence electrons. The Morgan fingerprint density at radius 1 is 0.970 bits per heavy atom. The molecule has 0 spiro atoms. The van der Waals surface area contributed by atoms with E-state index in [1.807, 2.05) is 67.6 Å². The maximum Gasteiger partial charge on any atom is 0.267 e. The van der Waals surface area contributed by atoms with Crippen LogP contribution in [0.15, 0.2) is 106 Å². The highest BCUT2D eigenvalue weighted by Gasteiger charge is 2.13. The van der Waals surface area contributed by atoms with Crippen molar-refractivity contribution in [3.8, 4) is 0 Å². The minimum absolute atomic E-state index is 0.136. The molecule has 0 aliphatic rings. The summed E-state index contributed by atoms with van der Waals surface area (Å²) in [5.41, 5.74) is 7.03. The van der Waals surface area contributed by atoms with E-state index in [1.54, 1.807) is 28.6 Å². The number of benzene rings is 3. The first-order valence-electron chi connectivity index (χ1n) is 10.7. The van der Waals surface area contributed by atoms with E-state index >= 15 is 0 Å². The van der Waals surface area contributed by atoms with Crippen LogP contribution in [0.5, 0.6) is 0 Å². The largest absolute Gasteiger partial charge is 0.278 e. The van der Waals surface area contributed by atoms with Crippen molar-refractivity contribution in [2.75, 3.05) is 5.43 Å². The third-order valence-corrected chi connectivity index (χ3v) is 6.47. The van der Waals surface area contributed by atoms with Gasteiger partial charge in [0.15, 0.2) is 0 Å². The number of anilines is 1. The van der Waals surface area contributed by atoms with Crippen molar-refractivity contribution in [1.82, 2.24) is 9.38 Å². The van der Waals surface area contributed by atoms with Crippen LogP contribution in [-0.2, 0) is 5.75 Å². The predicted molar refractivity (Wildman–Crippen MR) is 137 cm³/mol. The van der Waals surface area contributed by atoms with E-state index in [-0.39, 0.29) is 5.56 Å². The maximum atomic E-state index is 13.3. The van der Waals surface area contributed by atoms with E-state index in [0.29, 0.717) is 22.0 Å². The summed E-state index contributed by atoms with van der Waals surface area (Å²) >= 11 is 1.54. The summed E-state index contributed by atoms with van der Waals surface area (Å²) in [5, 5.41) is 7.34. The number of hydrogen-bond acceptors (Lipinski definition) is 5. The van der Waals surface area contributed by atoms with E-state index in [2.05, 4.69) is 34.8 Å². The van der Waals surface area contributed by atoms with Crippen molar-refractivity contribution in [1.29, 1.82) is 0 Å². The topological polar surface area (TPSA) is 58.8 Å². The molecular weight excluding hydrogens is 428 g/mol. The summed E-state index contributed by atoms with van der Waals surface area (Å²) < 4.78 is 1.58. The molecule has 3 aromatic carbocycles. The van der Waals surface area contributed by atoms with Gasteiger partial charge in [-0.25, -0.2) is 4.98 Å². The number of thioether (sulfide) groups is 1. The summed E-state index contributed by atoms with van der Waals surface area (Å²) in [4.78, 5) is 18.1. The van der Waals surface area contributed by atoms with Gasteiger partial charge in [-0.1, -0.05) is 66.7 Å². The van der Waals surface area contributed by atoms with Gasteiger partial charge >= 0.3 is 0 Å². The van der Waals surface area contributed by atoms with Crippen LogP contribution in [0.2, 0.25) is 0 Å². The minimum atomic E-state index is -0.136. The molecular formula is C27H22N4OS. The molecule has 0 saturated heterocycles. The molecule has 0 amide bonds. The number of aromatic nitrogens is 2. The summed E-state index contributed by atoms with van der Waals surface area (Å²) in [5.74, 6) is 0.717. The molecule has 0 atom stereocenters. The van der Waals surface area contributed by atoms with E-state index in [0.717, 1.165) is 16.6 Å². The average Bonchev–Trinajstić information content (AvgIpc) is 2.85. The third-order valence-electron chi connectivity index (χ3n) is 5.40. The fraction of sp³-hybridized carbons (Fsp3) is 0.0741. The Balaban J connectivity index is 1.49. The number of fused-ring (bicyclic) bond motifs is 2. The Bertz CT molecular complexity index is 1530. The second-order valence-electron chi connectivity index (χ2n) is 7.73. The van der Waals surface area contributed by atoms with E-state index in [9.17, 15) is 4.79 Å². The molecule has 0 unspecified atom stereocenters. The second-order valence-corrected chi connectivity index (χ2v) is 8.69. The molecule has 0 saturated carbocycles. The van der Waals surface area contributed by atoms with Gasteiger partial charge in [0.25, 0.3) is 5.56 Å². The first kappa shape index (κ1) is 21.0. The SMILES string of the molecule is Cc1cccn2c(=O)c(/C=N/Nc3ccc4ccccc4c3)c(SCc3ccccc3)nc12. The lowest BCUT2D eigenvalue weighted by Gasteiger charge is -2.10. The maximum absolute atomic E-state index is 13.3. The van der Waals surface area contributed by atoms with Gasteiger partial charge in [-0.3, -0.25) is 14.6 Å². The lowest BCUT2D eigenvalue weighted by molar-refractivity contribution is 0.967. The van der Waals surface area contributed by atoms with Crippen molar-refractivity contribution >= 4 is 40.1 Å². The molecule has 0 fully saturated rings. The second kappa shape index (κ2) is 9.30. The zero-order chi connectivity index (χ0) is 22.6. The summed E-state index contributed by atoms with van der Waals surface area (Å²) in [6.45, 7) is 1.96. The molecule has 1 N–H and O–H groups in total. The lowest BCUT2D eigenvalue weighted by atomic mass is 10.1. The fourth-order valence-electron chi connectivity index (χ4n) is 3.67. The highest BCUT2D eigenvalue weighted by Crippen LogP contribution is 2.24. The first-order chi connectivity index (χ1) is 16.2. The van der Waals surface area contributed by atoms with Crippen LogP contribution in [0.4, 0.5) is 5.69 Å². The van der Waals surface area contributed by atoms with Gasteiger partial charge in [0.1, 0.15) is 10.7 Å². The van der Waals surface area contributed by atoms with Gasteiger partial charge in [-0.2, -0.15) is 5.10 Å². The Morgan fingerprint density at radius 3 is 2.61 bits per heavy atom. The van der Waals surface area contributed by atoms with Gasteiger partial charge in [-0.15, -0.1) is 11.8 Å². The smallest absolute Gasteiger partial charge is 0.267 e. The molecule has 0 aliphatic carbocycles. The zero-order valence-electron chi connectivity index (χ0n) is 18.1. The Kier molecular flexibility index (Phi) is 5.91. The molecule has 2 heterocycles. The monoisotopic (exact) mass is 450 g/mol. The number of hydrogen-bond donors (Lipinski definition) is 1. The van der Waals surface area contributed by atoms with E-state index in [4.69, 9.17) is 4.98 Å². The van der Waals surface area contributed by atoms with Gasteiger partial charge in [0, 0.05) is 11.9 Å².